The molecule has 70 valence electrons. The minimum Gasteiger partial charge on any atom is -0.315 e. The van der Waals surface area contributed by atoms with E-state index in [1.807, 2.05) is 0 Å². The van der Waals surface area contributed by atoms with E-state index >= 15 is 0 Å². The van der Waals surface area contributed by atoms with Gasteiger partial charge >= 0.3 is 0 Å². The molecule has 2 heteroatoms. The molecule has 0 aromatic carbocycles. The summed E-state index contributed by atoms with van der Waals surface area (Å²) in [7, 11) is 0. The van der Waals surface area contributed by atoms with Gasteiger partial charge in [-0.2, -0.15) is 0 Å². The molecule has 0 spiro atoms. The van der Waals surface area contributed by atoms with Crippen LogP contribution in [0.5, 0.6) is 0 Å². The SMILES string of the molecule is C[C@@H]1CCCCN1[C@@H]1CCNC1. The molecule has 0 aromatic heterocycles. The molecular weight excluding hydrogens is 148 g/mol. The smallest absolute Gasteiger partial charge is 0.0235 e. The summed E-state index contributed by atoms with van der Waals surface area (Å²) in [6.07, 6.45) is 5.64. The first kappa shape index (κ1) is 8.52. The standard InChI is InChI=1S/C10H20N2/c1-9-4-2-3-7-12(9)10-5-6-11-8-10/h9-11H,2-8H2,1H3/t9-,10-/m1/s1. The van der Waals surface area contributed by atoms with Crippen LogP contribution in [0, 0.1) is 0 Å². The number of rotatable bonds is 1. The van der Waals surface area contributed by atoms with Gasteiger partial charge in [0.15, 0.2) is 0 Å². The summed E-state index contributed by atoms with van der Waals surface area (Å²) < 4.78 is 0. The minimum absolute atomic E-state index is 0.837. The number of nitrogens with one attached hydrogen (secondary N) is 1. The van der Waals surface area contributed by atoms with E-state index in [4.69, 9.17) is 0 Å². The molecule has 0 radical (unpaired) electrons. The summed E-state index contributed by atoms with van der Waals surface area (Å²) in [6, 6.07) is 1.68. The molecule has 2 saturated heterocycles. The van der Waals surface area contributed by atoms with Gasteiger partial charge in [0.25, 0.3) is 0 Å². The molecule has 2 aliphatic rings. The van der Waals surface area contributed by atoms with E-state index < -0.39 is 0 Å². The van der Waals surface area contributed by atoms with Gasteiger partial charge < -0.3 is 5.32 Å². The fourth-order valence-corrected chi connectivity index (χ4v) is 2.59. The van der Waals surface area contributed by atoms with Gasteiger partial charge in [-0.25, -0.2) is 0 Å². The average molecular weight is 168 g/mol. The lowest BCUT2D eigenvalue weighted by Gasteiger charge is -2.37. The highest BCUT2D eigenvalue weighted by Crippen LogP contribution is 2.21. The second-order valence-electron chi connectivity index (χ2n) is 4.23. The quantitative estimate of drug-likeness (QED) is 0.633. The van der Waals surface area contributed by atoms with Crippen molar-refractivity contribution in [1.29, 1.82) is 0 Å². The Morgan fingerprint density at radius 2 is 2.17 bits per heavy atom. The van der Waals surface area contributed by atoms with E-state index in [1.54, 1.807) is 0 Å². The van der Waals surface area contributed by atoms with Crippen LogP contribution < -0.4 is 5.32 Å². The largest absolute Gasteiger partial charge is 0.315 e. The van der Waals surface area contributed by atoms with Gasteiger partial charge in [-0.15, -0.1) is 0 Å². The van der Waals surface area contributed by atoms with Gasteiger partial charge in [0.1, 0.15) is 0 Å². The third-order valence-corrected chi connectivity index (χ3v) is 3.36. The molecule has 0 aliphatic carbocycles. The van der Waals surface area contributed by atoms with E-state index in [1.165, 1.54) is 45.3 Å². The maximum atomic E-state index is 3.45. The molecule has 1 N–H and O–H groups in total. The van der Waals surface area contributed by atoms with Gasteiger partial charge in [-0.1, -0.05) is 6.42 Å². The Morgan fingerprint density at radius 3 is 2.83 bits per heavy atom. The summed E-state index contributed by atoms with van der Waals surface area (Å²) >= 11 is 0. The van der Waals surface area contributed by atoms with Crippen LogP contribution in [0.2, 0.25) is 0 Å². The second kappa shape index (κ2) is 3.75. The third kappa shape index (κ3) is 1.64. The lowest BCUT2D eigenvalue weighted by molar-refractivity contribution is 0.114. The van der Waals surface area contributed by atoms with Gasteiger partial charge in [-0.3, -0.25) is 4.90 Å². The molecule has 2 aliphatic heterocycles. The summed E-state index contributed by atoms with van der Waals surface area (Å²) in [5.41, 5.74) is 0. The summed E-state index contributed by atoms with van der Waals surface area (Å²) in [4.78, 5) is 2.71. The van der Waals surface area contributed by atoms with Crippen molar-refractivity contribution in [1.82, 2.24) is 10.2 Å². The minimum atomic E-state index is 0.837. The van der Waals surface area contributed by atoms with Crippen LogP contribution in [0.25, 0.3) is 0 Å². The molecule has 0 unspecified atom stereocenters. The van der Waals surface area contributed by atoms with Gasteiger partial charge in [-0.05, 0) is 39.3 Å². The number of nitrogens with zero attached hydrogens (tertiary/aromatic N) is 1. The molecule has 0 saturated carbocycles. The Hall–Kier alpha value is -0.0800. The molecule has 2 rings (SSSR count). The Balaban J connectivity index is 1.91. The van der Waals surface area contributed by atoms with Crippen molar-refractivity contribution in [2.75, 3.05) is 19.6 Å². The highest BCUT2D eigenvalue weighted by atomic mass is 15.2. The Kier molecular flexibility index (Phi) is 2.66. The van der Waals surface area contributed by atoms with E-state index in [-0.39, 0.29) is 0 Å². The van der Waals surface area contributed by atoms with E-state index in [2.05, 4.69) is 17.1 Å². The zero-order valence-corrected chi connectivity index (χ0v) is 8.05. The lowest BCUT2D eigenvalue weighted by atomic mass is 10.0. The van der Waals surface area contributed by atoms with Crippen LogP contribution in [0.4, 0.5) is 0 Å². The fraction of sp³-hybridized carbons (Fsp3) is 1.00. The van der Waals surface area contributed by atoms with E-state index in [0.29, 0.717) is 0 Å². The predicted octanol–water partition coefficient (Wildman–Crippen LogP) is 1.22. The second-order valence-corrected chi connectivity index (χ2v) is 4.23. The molecule has 2 atom stereocenters. The topological polar surface area (TPSA) is 15.3 Å². The predicted molar refractivity (Wildman–Crippen MR) is 51.3 cm³/mol. The van der Waals surface area contributed by atoms with Crippen molar-refractivity contribution in [3.8, 4) is 0 Å². The average Bonchev–Trinajstić information content (AvgIpc) is 2.57. The van der Waals surface area contributed by atoms with Crippen LogP contribution in [0.3, 0.4) is 0 Å². The first-order chi connectivity index (χ1) is 5.88. The van der Waals surface area contributed by atoms with Crippen LogP contribution in [0.15, 0.2) is 0 Å². The molecule has 0 amide bonds. The number of hydrogen-bond acceptors (Lipinski definition) is 2. The number of hydrogen-bond donors (Lipinski definition) is 1. The normalized spacial score (nSPS) is 38.8. The van der Waals surface area contributed by atoms with Crippen LogP contribution in [-0.2, 0) is 0 Å². The summed E-state index contributed by atoms with van der Waals surface area (Å²) in [5.74, 6) is 0. The van der Waals surface area contributed by atoms with Crippen molar-refractivity contribution < 1.29 is 0 Å². The highest BCUT2D eigenvalue weighted by Gasteiger charge is 2.27. The third-order valence-electron chi connectivity index (χ3n) is 3.36. The first-order valence-corrected chi connectivity index (χ1v) is 5.34. The number of likely N-dealkylation sites (tertiary alicyclic amines) is 1. The molecule has 12 heavy (non-hydrogen) atoms. The van der Waals surface area contributed by atoms with Gasteiger partial charge in [0.05, 0.1) is 0 Å². The van der Waals surface area contributed by atoms with Crippen LogP contribution >= 0.6 is 0 Å². The maximum absolute atomic E-state index is 3.45. The van der Waals surface area contributed by atoms with Crippen molar-refractivity contribution in [2.24, 2.45) is 0 Å². The maximum Gasteiger partial charge on any atom is 0.0235 e. The molecule has 2 nitrogen and oxygen atoms in total. The monoisotopic (exact) mass is 168 g/mol. The van der Waals surface area contributed by atoms with Crippen LogP contribution in [-0.4, -0.2) is 36.6 Å². The van der Waals surface area contributed by atoms with Gasteiger partial charge in [0, 0.05) is 18.6 Å². The molecular formula is C10H20N2. The van der Waals surface area contributed by atoms with Crippen molar-refractivity contribution in [3.05, 3.63) is 0 Å². The lowest BCUT2D eigenvalue weighted by Crippen LogP contribution is -2.45. The Bertz CT molecular complexity index is 141. The van der Waals surface area contributed by atoms with Crippen molar-refractivity contribution in [3.63, 3.8) is 0 Å². The molecule has 0 aromatic rings. The fourth-order valence-electron chi connectivity index (χ4n) is 2.59. The highest BCUT2D eigenvalue weighted by molar-refractivity contribution is 4.85. The molecule has 2 fully saturated rings. The molecule has 2 heterocycles. The van der Waals surface area contributed by atoms with E-state index in [9.17, 15) is 0 Å². The van der Waals surface area contributed by atoms with E-state index in [0.717, 1.165) is 12.1 Å². The summed E-state index contributed by atoms with van der Waals surface area (Å²) in [6.45, 7) is 6.18. The zero-order valence-electron chi connectivity index (χ0n) is 8.05. The first-order valence-electron chi connectivity index (χ1n) is 5.34. The van der Waals surface area contributed by atoms with Crippen molar-refractivity contribution >= 4 is 0 Å². The Labute approximate surface area is 75.3 Å². The molecule has 0 bridgehead atoms. The number of piperidine rings is 1. The van der Waals surface area contributed by atoms with Gasteiger partial charge in [0.2, 0.25) is 0 Å². The van der Waals surface area contributed by atoms with Crippen LogP contribution in [0.1, 0.15) is 32.6 Å². The zero-order chi connectivity index (χ0) is 8.39. The van der Waals surface area contributed by atoms with Crippen molar-refractivity contribution in [2.45, 2.75) is 44.7 Å². The summed E-state index contributed by atoms with van der Waals surface area (Å²) in [5, 5.41) is 3.45. The Morgan fingerprint density at radius 1 is 1.25 bits per heavy atom.